The average Bonchev–Trinajstić information content (AvgIpc) is 2.41. The zero-order valence-corrected chi connectivity index (χ0v) is 10.4. The number of nitrogens with one attached hydrogen (secondary N) is 1. The Morgan fingerprint density at radius 3 is 2.61 bits per heavy atom. The van der Waals surface area contributed by atoms with Gasteiger partial charge in [-0.15, -0.1) is 0 Å². The molecule has 2 N–H and O–H groups in total. The lowest BCUT2D eigenvalue weighted by atomic mass is 10.2. The summed E-state index contributed by atoms with van der Waals surface area (Å²) in [5.41, 5.74) is 2.14. The van der Waals surface area contributed by atoms with E-state index < -0.39 is 0 Å². The molecule has 0 amide bonds. The summed E-state index contributed by atoms with van der Waals surface area (Å²) in [5.74, 6) is 0.713. The van der Waals surface area contributed by atoms with E-state index in [1.165, 1.54) is 0 Å². The van der Waals surface area contributed by atoms with E-state index >= 15 is 0 Å². The molecule has 0 radical (unpaired) electrons. The van der Waals surface area contributed by atoms with Gasteiger partial charge in [-0.25, -0.2) is 0 Å². The minimum absolute atomic E-state index is 0.181. The molecule has 18 heavy (non-hydrogen) atoms. The third kappa shape index (κ3) is 3.17. The minimum atomic E-state index is 0.181. The lowest BCUT2D eigenvalue weighted by molar-refractivity contribution is 0.318. The van der Waals surface area contributed by atoms with Gasteiger partial charge in [-0.05, 0) is 36.8 Å². The van der Waals surface area contributed by atoms with Crippen molar-refractivity contribution in [3.63, 3.8) is 0 Å². The first-order valence-electron chi connectivity index (χ1n) is 6.03. The molecule has 0 aromatic heterocycles. The van der Waals surface area contributed by atoms with Crippen molar-refractivity contribution >= 4 is 5.69 Å². The Hall–Kier alpha value is -2.16. The van der Waals surface area contributed by atoms with Gasteiger partial charge in [0, 0.05) is 12.2 Å². The molecular formula is C15H17NO2. The molecule has 0 aliphatic heterocycles. The molecule has 0 heterocycles. The lowest BCUT2D eigenvalue weighted by Gasteiger charge is -2.10. The van der Waals surface area contributed by atoms with Gasteiger partial charge in [0.2, 0.25) is 0 Å². The molecule has 0 unspecified atom stereocenters. The lowest BCUT2D eigenvalue weighted by Crippen LogP contribution is -2.00. The van der Waals surface area contributed by atoms with Crippen molar-refractivity contribution in [2.45, 2.75) is 13.5 Å². The van der Waals surface area contributed by atoms with Gasteiger partial charge in [0.1, 0.15) is 0 Å². The first-order chi connectivity index (χ1) is 8.79. The van der Waals surface area contributed by atoms with Crippen LogP contribution in [0.5, 0.6) is 11.5 Å². The van der Waals surface area contributed by atoms with E-state index in [4.69, 9.17) is 4.74 Å². The predicted molar refractivity (Wildman–Crippen MR) is 73.0 cm³/mol. The number of aromatic hydroxyl groups is 1. The molecule has 2 aromatic carbocycles. The number of benzene rings is 2. The largest absolute Gasteiger partial charge is 0.504 e. The van der Waals surface area contributed by atoms with Crippen molar-refractivity contribution in [1.82, 2.24) is 0 Å². The normalized spacial score (nSPS) is 10.1. The molecule has 0 aliphatic rings. The van der Waals surface area contributed by atoms with Crippen molar-refractivity contribution < 1.29 is 9.84 Å². The molecule has 2 rings (SSSR count). The maximum absolute atomic E-state index is 9.61. The molecule has 0 saturated carbocycles. The first kappa shape index (κ1) is 12.3. The predicted octanol–water partition coefficient (Wildman–Crippen LogP) is 3.40. The summed E-state index contributed by atoms with van der Waals surface area (Å²) in [5, 5.41) is 12.9. The number of hydrogen-bond acceptors (Lipinski definition) is 3. The highest BCUT2D eigenvalue weighted by Gasteiger charge is 2.03. The van der Waals surface area contributed by atoms with Crippen molar-refractivity contribution in [3.05, 3.63) is 54.1 Å². The summed E-state index contributed by atoms with van der Waals surface area (Å²) in [6.45, 7) is 3.14. The van der Waals surface area contributed by atoms with Gasteiger partial charge in [-0.1, -0.05) is 24.3 Å². The summed E-state index contributed by atoms with van der Waals surface area (Å²) in [4.78, 5) is 0. The van der Waals surface area contributed by atoms with E-state index in [1.807, 2.05) is 49.4 Å². The fraction of sp³-hybridized carbons (Fsp3) is 0.200. The van der Waals surface area contributed by atoms with Crippen LogP contribution < -0.4 is 10.1 Å². The third-order valence-electron chi connectivity index (χ3n) is 2.59. The Labute approximate surface area is 107 Å². The fourth-order valence-corrected chi connectivity index (χ4v) is 1.70. The van der Waals surface area contributed by atoms with Crippen LogP contribution in [0, 0.1) is 0 Å². The Balaban J connectivity index is 2.03. The monoisotopic (exact) mass is 243 g/mol. The van der Waals surface area contributed by atoms with Crippen molar-refractivity contribution in [1.29, 1.82) is 0 Å². The molecule has 2 aromatic rings. The molecule has 3 heteroatoms. The number of rotatable bonds is 5. The molecule has 0 bridgehead atoms. The topological polar surface area (TPSA) is 41.5 Å². The zero-order valence-electron chi connectivity index (χ0n) is 10.4. The van der Waals surface area contributed by atoms with Crippen LogP contribution in [0.2, 0.25) is 0 Å². The van der Waals surface area contributed by atoms with Crippen LogP contribution in [0.15, 0.2) is 48.5 Å². The molecule has 3 nitrogen and oxygen atoms in total. The summed E-state index contributed by atoms with van der Waals surface area (Å²) < 4.78 is 5.35. The second-order valence-corrected chi connectivity index (χ2v) is 3.95. The van der Waals surface area contributed by atoms with E-state index in [0.717, 1.165) is 11.3 Å². The highest BCUT2D eigenvalue weighted by molar-refractivity contribution is 5.46. The Morgan fingerprint density at radius 1 is 1.11 bits per heavy atom. The number of hydrogen-bond donors (Lipinski definition) is 2. The Kier molecular flexibility index (Phi) is 4.07. The molecule has 0 aliphatic carbocycles. The summed E-state index contributed by atoms with van der Waals surface area (Å²) in [6, 6.07) is 15.4. The maximum Gasteiger partial charge on any atom is 0.161 e. The molecular weight excluding hydrogens is 226 g/mol. The zero-order chi connectivity index (χ0) is 12.8. The number of phenolic OH excluding ortho intramolecular Hbond substituents is 1. The summed E-state index contributed by atoms with van der Waals surface area (Å²) in [6.07, 6.45) is 0. The van der Waals surface area contributed by atoms with Gasteiger partial charge in [0.05, 0.1) is 6.61 Å². The maximum atomic E-state index is 9.61. The van der Waals surface area contributed by atoms with Crippen LogP contribution in [0.1, 0.15) is 12.5 Å². The number of phenols is 1. The standard InChI is InChI=1S/C15H17NO2/c1-2-18-15-10-12(8-9-14(15)17)11-16-13-6-4-3-5-7-13/h3-10,16-17H,2,11H2,1H3. The van der Waals surface area contributed by atoms with Gasteiger partial charge in [0.15, 0.2) is 11.5 Å². The molecule has 94 valence electrons. The third-order valence-corrected chi connectivity index (χ3v) is 2.59. The van der Waals surface area contributed by atoms with Gasteiger partial charge in [0.25, 0.3) is 0 Å². The van der Waals surface area contributed by atoms with E-state index in [2.05, 4.69) is 5.32 Å². The van der Waals surface area contributed by atoms with Crippen molar-refractivity contribution in [3.8, 4) is 11.5 Å². The van der Waals surface area contributed by atoms with Gasteiger partial charge in [-0.2, -0.15) is 0 Å². The molecule has 0 spiro atoms. The van der Waals surface area contributed by atoms with Crippen LogP contribution in [-0.4, -0.2) is 11.7 Å². The number of anilines is 1. The van der Waals surface area contributed by atoms with Crippen LogP contribution in [-0.2, 0) is 6.54 Å². The smallest absolute Gasteiger partial charge is 0.161 e. The SMILES string of the molecule is CCOc1cc(CNc2ccccc2)ccc1O. The quantitative estimate of drug-likeness (QED) is 0.845. The molecule has 0 atom stereocenters. The van der Waals surface area contributed by atoms with Crippen LogP contribution in [0.4, 0.5) is 5.69 Å². The number of para-hydroxylation sites is 1. The molecule has 0 fully saturated rings. The van der Waals surface area contributed by atoms with Crippen LogP contribution in [0.3, 0.4) is 0 Å². The first-order valence-corrected chi connectivity index (χ1v) is 6.03. The van der Waals surface area contributed by atoms with Gasteiger partial charge >= 0.3 is 0 Å². The van der Waals surface area contributed by atoms with E-state index in [9.17, 15) is 5.11 Å². The molecule has 0 saturated heterocycles. The summed E-state index contributed by atoms with van der Waals surface area (Å²) >= 11 is 0. The highest BCUT2D eigenvalue weighted by atomic mass is 16.5. The minimum Gasteiger partial charge on any atom is -0.504 e. The van der Waals surface area contributed by atoms with Gasteiger partial charge in [-0.3, -0.25) is 0 Å². The van der Waals surface area contributed by atoms with E-state index in [1.54, 1.807) is 6.07 Å². The van der Waals surface area contributed by atoms with E-state index in [0.29, 0.717) is 18.9 Å². The summed E-state index contributed by atoms with van der Waals surface area (Å²) in [7, 11) is 0. The van der Waals surface area contributed by atoms with E-state index in [-0.39, 0.29) is 5.75 Å². The van der Waals surface area contributed by atoms with Crippen molar-refractivity contribution in [2.75, 3.05) is 11.9 Å². The highest BCUT2D eigenvalue weighted by Crippen LogP contribution is 2.27. The average molecular weight is 243 g/mol. The van der Waals surface area contributed by atoms with Crippen LogP contribution in [0.25, 0.3) is 0 Å². The Bertz CT molecular complexity index is 497. The Morgan fingerprint density at radius 2 is 1.89 bits per heavy atom. The second-order valence-electron chi connectivity index (χ2n) is 3.95. The fourth-order valence-electron chi connectivity index (χ4n) is 1.70. The second kappa shape index (κ2) is 5.96. The van der Waals surface area contributed by atoms with Gasteiger partial charge < -0.3 is 15.2 Å². The number of ether oxygens (including phenoxy) is 1. The van der Waals surface area contributed by atoms with Crippen LogP contribution >= 0.6 is 0 Å². The van der Waals surface area contributed by atoms with Crippen molar-refractivity contribution in [2.24, 2.45) is 0 Å².